The van der Waals surface area contributed by atoms with Crippen LogP contribution in [0.25, 0.3) is 0 Å². The van der Waals surface area contributed by atoms with Crippen LogP contribution in [0.3, 0.4) is 0 Å². The SMILES string of the molecule is CC(C)OCCCCN=C1NC(C(C)(C)C)CCS1. The number of nitrogens with zero attached hydrogens (tertiary/aromatic N) is 1. The number of aliphatic imine (C=N–C) groups is 1. The van der Waals surface area contributed by atoms with Crippen molar-refractivity contribution in [3.8, 4) is 0 Å². The molecule has 112 valence electrons. The second kappa shape index (κ2) is 8.15. The molecule has 1 rings (SSSR count). The monoisotopic (exact) mass is 286 g/mol. The van der Waals surface area contributed by atoms with Crippen LogP contribution in [0, 0.1) is 5.41 Å². The first-order chi connectivity index (χ1) is 8.89. The maximum atomic E-state index is 5.53. The lowest BCUT2D eigenvalue weighted by molar-refractivity contribution is 0.0764. The maximum Gasteiger partial charge on any atom is 0.156 e. The van der Waals surface area contributed by atoms with Gasteiger partial charge in [0.1, 0.15) is 0 Å². The van der Waals surface area contributed by atoms with Gasteiger partial charge in [0.2, 0.25) is 0 Å². The number of nitrogens with one attached hydrogen (secondary N) is 1. The van der Waals surface area contributed by atoms with Crippen LogP contribution < -0.4 is 5.32 Å². The Morgan fingerprint density at radius 3 is 2.74 bits per heavy atom. The quantitative estimate of drug-likeness (QED) is 0.756. The fourth-order valence-corrected chi connectivity index (χ4v) is 2.95. The average molecular weight is 286 g/mol. The third-order valence-corrected chi connectivity index (χ3v) is 4.21. The Balaban J connectivity index is 2.22. The smallest absolute Gasteiger partial charge is 0.156 e. The fourth-order valence-electron chi connectivity index (χ4n) is 1.99. The fraction of sp³-hybridized carbons (Fsp3) is 0.933. The first kappa shape index (κ1) is 16.8. The summed E-state index contributed by atoms with van der Waals surface area (Å²) in [6, 6.07) is 0.553. The molecule has 1 heterocycles. The molecule has 0 aromatic heterocycles. The van der Waals surface area contributed by atoms with Gasteiger partial charge in [-0.25, -0.2) is 0 Å². The van der Waals surface area contributed by atoms with Gasteiger partial charge in [-0.15, -0.1) is 0 Å². The van der Waals surface area contributed by atoms with Gasteiger partial charge in [-0.05, 0) is 38.5 Å². The summed E-state index contributed by atoms with van der Waals surface area (Å²) >= 11 is 1.86. The molecule has 1 aliphatic rings. The van der Waals surface area contributed by atoms with Gasteiger partial charge in [0.25, 0.3) is 0 Å². The molecule has 3 nitrogen and oxygen atoms in total. The highest BCUT2D eigenvalue weighted by atomic mass is 32.2. The minimum atomic E-state index is 0.312. The molecule has 0 radical (unpaired) electrons. The lowest BCUT2D eigenvalue weighted by Crippen LogP contribution is -2.46. The van der Waals surface area contributed by atoms with Gasteiger partial charge in [0, 0.05) is 24.9 Å². The highest BCUT2D eigenvalue weighted by Gasteiger charge is 2.28. The first-order valence-electron chi connectivity index (χ1n) is 7.45. The number of hydrogen-bond donors (Lipinski definition) is 1. The summed E-state index contributed by atoms with van der Waals surface area (Å²) in [5.41, 5.74) is 0.312. The minimum absolute atomic E-state index is 0.312. The molecule has 0 aromatic rings. The lowest BCUT2D eigenvalue weighted by Gasteiger charge is -2.35. The van der Waals surface area contributed by atoms with E-state index in [0.29, 0.717) is 17.6 Å². The van der Waals surface area contributed by atoms with E-state index in [-0.39, 0.29) is 0 Å². The van der Waals surface area contributed by atoms with Crippen molar-refractivity contribution in [2.75, 3.05) is 18.9 Å². The molecule has 1 fully saturated rings. The summed E-state index contributed by atoms with van der Waals surface area (Å²) < 4.78 is 5.53. The van der Waals surface area contributed by atoms with Crippen molar-refractivity contribution in [1.82, 2.24) is 5.32 Å². The average Bonchev–Trinajstić information content (AvgIpc) is 2.32. The number of amidine groups is 1. The van der Waals surface area contributed by atoms with Crippen LogP contribution in [0.4, 0.5) is 0 Å². The summed E-state index contributed by atoms with van der Waals surface area (Å²) in [4.78, 5) is 4.68. The van der Waals surface area contributed by atoms with E-state index in [4.69, 9.17) is 4.74 Å². The van der Waals surface area contributed by atoms with E-state index in [1.54, 1.807) is 0 Å². The van der Waals surface area contributed by atoms with Gasteiger partial charge < -0.3 is 10.1 Å². The van der Waals surface area contributed by atoms with Crippen molar-refractivity contribution in [3.63, 3.8) is 0 Å². The molecule has 0 aliphatic carbocycles. The van der Waals surface area contributed by atoms with Crippen LogP contribution in [0.15, 0.2) is 4.99 Å². The molecule has 1 aliphatic heterocycles. The van der Waals surface area contributed by atoms with Crippen LogP contribution in [0.1, 0.15) is 53.9 Å². The predicted octanol–water partition coefficient (Wildman–Crippen LogP) is 3.69. The van der Waals surface area contributed by atoms with Crippen molar-refractivity contribution in [3.05, 3.63) is 0 Å². The molecule has 19 heavy (non-hydrogen) atoms. The van der Waals surface area contributed by atoms with E-state index in [0.717, 1.165) is 31.2 Å². The Kier molecular flexibility index (Phi) is 7.22. The Labute approximate surface area is 123 Å². The molecule has 0 amide bonds. The molecule has 0 aromatic carbocycles. The predicted molar refractivity (Wildman–Crippen MR) is 86.1 cm³/mol. The number of rotatable bonds is 6. The Bertz CT molecular complexity index is 284. The van der Waals surface area contributed by atoms with Crippen molar-refractivity contribution in [2.45, 2.75) is 66.0 Å². The van der Waals surface area contributed by atoms with Crippen LogP contribution in [-0.2, 0) is 4.74 Å². The molecule has 0 saturated carbocycles. The number of hydrogen-bond acceptors (Lipinski definition) is 3. The Morgan fingerprint density at radius 2 is 2.11 bits per heavy atom. The van der Waals surface area contributed by atoms with Gasteiger partial charge >= 0.3 is 0 Å². The largest absolute Gasteiger partial charge is 0.379 e. The normalized spacial score (nSPS) is 22.8. The van der Waals surface area contributed by atoms with Crippen molar-refractivity contribution >= 4 is 16.9 Å². The number of unbranched alkanes of at least 4 members (excludes halogenated alkanes) is 1. The van der Waals surface area contributed by atoms with Crippen molar-refractivity contribution in [1.29, 1.82) is 0 Å². The van der Waals surface area contributed by atoms with Crippen LogP contribution >= 0.6 is 11.8 Å². The number of ether oxygens (including phenoxy) is 1. The third-order valence-electron chi connectivity index (χ3n) is 3.25. The van der Waals surface area contributed by atoms with Crippen molar-refractivity contribution < 1.29 is 4.74 Å². The van der Waals surface area contributed by atoms with E-state index in [2.05, 4.69) is 44.9 Å². The summed E-state index contributed by atoms with van der Waals surface area (Å²) in [5, 5.41) is 4.72. The summed E-state index contributed by atoms with van der Waals surface area (Å²) in [5.74, 6) is 1.18. The second-order valence-electron chi connectivity index (χ2n) is 6.51. The summed E-state index contributed by atoms with van der Waals surface area (Å²) in [6.45, 7) is 12.8. The van der Waals surface area contributed by atoms with Gasteiger partial charge in [-0.3, -0.25) is 4.99 Å². The van der Waals surface area contributed by atoms with Crippen LogP contribution in [0.2, 0.25) is 0 Å². The van der Waals surface area contributed by atoms with Gasteiger partial charge in [0.05, 0.1) is 6.10 Å². The number of thioether (sulfide) groups is 1. The summed E-state index contributed by atoms with van der Waals surface area (Å²) in [6.07, 6.45) is 3.78. The topological polar surface area (TPSA) is 33.6 Å². The van der Waals surface area contributed by atoms with Gasteiger partial charge in [-0.1, -0.05) is 32.5 Å². The second-order valence-corrected chi connectivity index (χ2v) is 7.60. The zero-order chi connectivity index (χ0) is 14.3. The van der Waals surface area contributed by atoms with Crippen molar-refractivity contribution in [2.24, 2.45) is 10.4 Å². The van der Waals surface area contributed by atoms with E-state index < -0.39 is 0 Å². The Hall–Kier alpha value is -0.220. The van der Waals surface area contributed by atoms with E-state index >= 15 is 0 Å². The maximum absolute atomic E-state index is 5.53. The van der Waals surface area contributed by atoms with Crippen LogP contribution in [-0.4, -0.2) is 36.2 Å². The first-order valence-corrected chi connectivity index (χ1v) is 8.43. The zero-order valence-electron chi connectivity index (χ0n) is 13.2. The standard InChI is InChI=1S/C15H30N2OS/c1-12(2)18-10-7-6-9-16-14-17-13(8-11-19-14)15(3,4)5/h12-13H,6-11H2,1-5H3,(H,16,17). The highest BCUT2D eigenvalue weighted by molar-refractivity contribution is 8.13. The molecular weight excluding hydrogens is 256 g/mol. The lowest BCUT2D eigenvalue weighted by atomic mass is 9.85. The van der Waals surface area contributed by atoms with E-state index in [1.807, 2.05) is 11.8 Å². The van der Waals surface area contributed by atoms with Gasteiger partial charge in [0.15, 0.2) is 5.17 Å². The zero-order valence-corrected chi connectivity index (χ0v) is 14.0. The summed E-state index contributed by atoms with van der Waals surface area (Å²) in [7, 11) is 0. The molecule has 1 N–H and O–H groups in total. The molecular formula is C15H30N2OS. The van der Waals surface area contributed by atoms with E-state index in [1.165, 1.54) is 12.2 Å². The molecule has 0 bridgehead atoms. The van der Waals surface area contributed by atoms with Gasteiger partial charge in [-0.2, -0.15) is 0 Å². The molecule has 1 saturated heterocycles. The van der Waals surface area contributed by atoms with E-state index in [9.17, 15) is 0 Å². The Morgan fingerprint density at radius 1 is 1.37 bits per heavy atom. The molecule has 1 unspecified atom stereocenters. The van der Waals surface area contributed by atoms with Crippen LogP contribution in [0.5, 0.6) is 0 Å². The third kappa shape index (κ3) is 7.21. The molecule has 4 heteroatoms. The minimum Gasteiger partial charge on any atom is -0.379 e. The molecule has 1 atom stereocenters. The molecule has 0 spiro atoms. The highest BCUT2D eigenvalue weighted by Crippen LogP contribution is 2.27.